The van der Waals surface area contributed by atoms with E-state index < -0.39 is 6.10 Å². The number of morpholine rings is 1. The Morgan fingerprint density at radius 3 is 2.74 bits per heavy atom. The zero-order chi connectivity index (χ0) is 13.7. The van der Waals surface area contributed by atoms with Crippen LogP contribution in [0.3, 0.4) is 0 Å². The molecule has 0 spiro atoms. The minimum absolute atomic E-state index is 0.00530. The Morgan fingerprint density at radius 1 is 1.42 bits per heavy atom. The van der Waals surface area contributed by atoms with Crippen molar-refractivity contribution < 1.29 is 14.3 Å². The van der Waals surface area contributed by atoms with Gasteiger partial charge in [0, 0.05) is 13.1 Å². The lowest BCUT2D eigenvalue weighted by atomic mass is 10.2. The van der Waals surface area contributed by atoms with Gasteiger partial charge in [-0.2, -0.15) is 0 Å². The van der Waals surface area contributed by atoms with Crippen molar-refractivity contribution in [1.82, 2.24) is 4.90 Å². The van der Waals surface area contributed by atoms with Gasteiger partial charge in [0.05, 0.1) is 18.2 Å². The van der Waals surface area contributed by atoms with Crippen molar-refractivity contribution in [2.24, 2.45) is 0 Å². The molecule has 1 unspecified atom stereocenters. The van der Waals surface area contributed by atoms with Gasteiger partial charge in [-0.25, -0.2) is 0 Å². The third kappa shape index (κ3) is 3.61. The second-order valence-electron chi connectivity index (χ2n) is 4.38. The number of para-hydroxylation sites is 1. The molecule has 0 N–H and O–H groups in total. The van der Waals surface area contributed by atoms with E-state index in [0.717, 1.165) is 0 Å². The molecule has 19 heavy (non-hydrogen) atoms. The number of ether oxygens (including phenoxy) is 2. The first-order valence-electron chi connectivity index (χ1n) is 6.50. The number of carbonyl (C=O) groups excluding carboxylic acids is 1. The molecule has 1 heterocycles. The number of carbonyl (C=O) groups is 1. The predicted molar refractivity (Wildman–Crippen MR) is 73.6 cm³/mol. The van der Waals surface area contributed by atoms with Crippen LogP contribution < -0.4 is 4.74 Å². The molecule has 0 radical (unpaired) electrons. The molecule has 1 aromatic rings. The highest BCUT2D eigenvalue weighted by Gasteiger charge is 2.26. The predicted octanol–water partition coefficient (Wildman–Crippen LogP) is 2.36. The van der Waals surface area contributed by atoms with Gasteiger partial charge in [0.2, 0.25) is 0 Å². The molecule has 1 aliphatic heterocycles. The average Bonchev–Trinajstić information content (AvgIpc) is 2.47. The van der Waals surface area contributed by atoms with Crippen molar-refractivity contribution in [1.29, 1.82) is 0 Å². The fraction of sp³-hybridized carbons (Fsp3) is 0.500. The molecule has 1 saturated heterocycles. The van der Waals surface area contributed by atoms with Gasteiger partial charge in [-0.1, -0.05) is 30.7 Å². The largest absolute Gasteiger partial charge is 0.479 e. The first kappa shape index (κ1) is 14.2. The zero-order valence-corrected chi connectivity index (χ0v) is 11.7. The molecular formula is C14H18ClNO3. The van der Waals surface area contributed by atoms with Gasteiger partial charge in [-0.3, -0.25) is 4.79 Å². The van der Waals surface area contributed by atoms with Crippen molar-refractivity contribution in [3.8, 4) is 5.75 Å². The van der Waals surface area contributed by atoms with Crippen molar-refractivity contribution >= 4 is 17.5 Å². The summed E-state index contributed by atoms with van der Waals surface area (Å²) in [5.74, 6) is 0.559. The Balaban J connectivity index is 2.03. The van der Waals surface area contributed by atoms with E-state index in [1.807, 2.05) is 19.1 Å². The Morgan fingerprint density at radius 2 is 2.11 bits per heavy atom. The third-order valence-electron chi connectivity index (χ3n) is 3.07. The van der Waals surface area contributed by atoms with E-state index in [9.17, 15) is 4.79 Å². The van der Waals surface area contributed by atoms with E-state index in [2.05, 4.69) is 0 Å². The normalized spacial score (nSPS) is 17.1. The maximum atomic E-state index is 12.3. The summed E-state index contributed by atoms with van der Waals surface area (Å²) in [4.78, 5) is 14.1. The lowest BCUT2D eigenvalue weighted by Crippen LogP contribution is -2.47. The summed E-state index contributed by atoms with van der Waals surface area (Å²) in [7, 11) is 0. The summed E-state index contributed by atoms with van der Waals surface area (Å²) < 4.78 is 11.0. The van der Waals surface area contributed by atoms with E-state index in [-0.39, 0.29) is 5.91 Å². The average molecular weight is 284 g/mol. The summed E-state index contributed by atoms with van der Waals surface area (Å²) in [6, 6.07) is 7.20. The number of nitrogens with zero attached hydrogens (tertiary/aromatic N) is 1. The molecule has 1 amide bonds. The van der Waals surface area contributed by atoms with Crippen LogP contribution in [0.15, 0.2) is 24.3 Å². The Hall–Kier alpha value is -1.26. The van der Waals surface area contributed by atoms with Crippen molar-refractivity contribution in [3.05, 3.63) is 29.3 Å². The van der Waals surface area contributed by atoms with Crippen LogP contribution in [0.25, 0.3) is 0 Å². The van der Waals surface area contributed by atoms with Crippen LogP contribution in [0.5, 0.6) is 5.75 Å². The summed E-state index contributed by atoms with van der Waals surface area (Å²) in [6.07, 6.45) is 0.125. The van der Waals surface area contributed by atoms with Crippen LogP contribution >= 0.6 is 11.6 Å². The summed E-state index contributed by atoms with van der Waals surface area (Å²) >= 11 is 6.05. The number of hydrogen-bond donors (Lipinski definition) is 0. The molecule has 1 fully saturated rings. The fourth-order valence-electron chi connectivity index (χ4n) is 1.99. The van der Waals surface area contributed by atoms with Gasteiger partial charge >= 0.3 is 0 Å². The molecular weight excluding hydrogens is 266 g/mol. The lowest BCUT2D eigenvalue weighted by molar-refractivity contribution is -0.142. The molecule has 1 aromatic carbocycles. The van der Waals surface area contributed by atoms with Crippen LogP contribution in [0.2, 0.25) is 5.02 Å². The zero-order valence-electron chi connectivity index (χ0n) is 11.0. The Labute approximate surface area is 118 Å². The minimum atomic E-state index is -0.488. The number of halogens is 1. The maximum Gasteiger partial charge on any atom is 0.263 e. The molecule has 2 rings (SSSR count). The van der Waals surface area contributed by atoms with Crippen LogP contribution in [0.4, 0.5) is 0 Å². The molecule has 0 saturated carbocycles. The number of benzene rings is 1. The summed E-state index contributed by atoms with van der Waals surface area (Å²) in [5.41, 5.74) is 0. The maximum absolute atomic E-state index is 12.3. The van der Waals surface area contributed by atoms with E-state index in [1.165, 1.54) is 0 Å². The first-order chi connectivity index (χ1) is 9.22. The first-order valence-corrected chi connectivity index (χ1v) is 6.88. The highest BCUT2D eigenvalue weighted by molar-refractivity contribution is 6.32. The minimum Gasteiger partial charge on any atom is -0.479 e. The molecule has 0 aliphatic carbocycles. The van der Waals surface area contributed by atoms with Crippen molar-refractivity contribution in [2.45, 2.75) is 19.4 Å². The molecule has 5 heteroatoms. The highest BCUT2D eigenvalue weighted by atomic mass is 35.5. The van der Waals surface area contributed by atoms with Crippen LogP contribution in [0.1, 0.15) is 13.3 Å². The molecule has 1 atom stereocenters. The SMILES string of the molecule is CCC(Oc1ccccc1Cl)C(=O)N1CCOCC1. The lowest BCUT2D eigenvalue weighted by Gasteiger charge is -2.30. The Kier molecular flexibility index (Phi) is 5.05. The highest BCUT2D eigenvalue weighted by Crippen LogP contribution is 2.25. The topological polar surface area (TPSA) is 38.8 Å². The monoisotopic (exact) mass is 283 g/mol. The van der Waals surface area contributed by atoms with Crippen LogP contribution in [0, 0.1) is 0 Å². The molecule has 104 valence electrons. The molecule has 0 bridgehead atoms. The Bertz CT molecular complexity index is 432. The molecule has 1 aliphatic rings. The van der Waals surface area contributed by atoms with E-state index in [1.54, 1.807) is 17.0 Å². The van der Waals surface area contributed by atoms with Gasteiger partial charge in [0.1, 0.15) is 5.75 Å². The quantitative estimate of drug-likeness (QED) is 0.851. The second kappa shape index (κ2) is 6.78. The van der Waals surface area contributed by atoms with Crippen molar-refractivity contribution in [3.63, 3.8) is 0 Å². The van der Waals surface area contributed by atoms with Gasteiger partial charge in [-0.05, 0) is 18.6 Å². The number of rotatable bonds is 4. The summed E-state index contributed by atoms with van der Waals surface area (Å²) in [6.45, 7) is 4.37. The fourth-order valence-corrected chi connectivity index (χ4v) is 2.17. The number of amides is 1. The summed E-state index contributed by atoms with van der Waals surface area (Å²) in [5, 5.41) is 0.524. The second-order valence-corrected chi connectivity index (χ2v) is 4.79. The van der Waals surface area contributed by atoms with E-state index in [0.29, 0.717) is 43.5 Å². The van der Waals surface area contributed by atoms with Gasteiger partial charge < -0.3 is 14.4 Å². The smallest absolute Gasteiger partial charge is 0.263 e. The van der Waals surface area contributed by atoms with Gasteiger partial charge in [0.25, 0.3) is 5.91 Å². The number of hydrogen-bond acceptors (Lipinski definition) is 3. The van der Waals surface area contributed by atoms with Crippen LogP contribution in [-0.4, -0.2) is 43.2 Å². The molecule has 0 aromatic heterocycles. The third-order valence-corrected chi connectivity index (χ3v) is 3.39. The van der Waals surface area contributed by atoms with Gasteiger partial charge in [-0.15, -0.1) is 0 Å². The van der Waals surface area contributed by atoms with Crippen molar-refractivity contribution in [2.75, 3.05) is 26.3 Å². The van der Waals surface area contributed by atoms with E-state index >= 15 is 0 Å². The van der Waals surface area contributed by atoms with Gasteiger partial charge in [0.15, 0.2) is 6.10 Å². The van der Waals surface area contributed by atoms with Crippen LogP contribution in [-0.2, 0) is 9.53 Å². The molecule has 4 nitrogen and oxygen atoms in total. The standard InChI is InChI=1S/C14H18ClNO3/c1-2-12(14(17)16-7-9-18-10-8-16)19-13-6-4-3-5-11(13)15/h3-6,12H,2,7-10H2,1H3. The van der Waals surface area contributed by atoms with E-state index in [4.69, 9.17) is 21.1 Å².